The van der Waals surface area contributed by atoms with E-state index in [2.05, 4.69) is 20.9 Å². The molecule has 0 saturated carbocycles. The molecule has 0 aromatic carbocycles. The van der Waals surface area contributed by atoms with Crippen LogP contribution in [-0.2, 0) is 16.4 Å². The van der Waals surface area contributed by atoms with Crippen LogP contribution in [0.2, 0.25) is 0 Å². The van der Waals surface area contributed by atoms with Gasteiger partial charge in [0.05, 0.1) is 0 Å². The van der Waals surface area contributed by atoms with Crippen molar-refractivity contribution in [1.29, 1.82) is 5.26 Å². The number of rotatable bonds is 7. The van der Waals surface area contributed by atoms with Crippen molar-refractivity contribution in [3.8, 4) is 17.7 Å². The summed E-state index contributed by atoms with van der Waals surface area (Å²) >= 11 is 0. The second-order valence-corrected chi connectivity index (χ2v) is 9.67. The van der Waals surface area contributed by atoms with Gasteiger partial charge in [0, 0.05) is 65.1 Å². The third kappa shape index (κ3) is 4.52. The van der Waals surface area contributed by atoms with Gasteiger partial charge >= 0.3 is 0 Å². The molecule has 4 heterocycles. The van der Waals surface area contributed by atoms with Gasteiger partial charge in [-0.15, -0.1) is 0 Å². The van der Waals surface area contributed by atoms with Crippen molar-refractivity contribution >= 4 is 15.9 Å². The summed E-state index contributed by atoms with van der Waals surface area (Å²) < 4.78 is 36.8. The predicted octanol–water partition coefficient (Wildman–Crippen LogP) is 1.82. The third-order valence-electron chi connectivity index (χ3n) is 5.31. The van der Waals surface area contributed by atoms with Crippen molar-refractivity contribution in [3.63, 3.8) is 0 Å². The fourth-order valence-corrected chi connectivity index (χ4v) is 4.25. The standard InChI is InChI=1S/C21H24N6O4S/c1-25(2)32(28,29)19-7-6-18(30-19)20-24-17(15-22)21(31-20)27-13-11-26(12-14-27)10-8-16-5-3-4-9-23-16/h3-7,9H,8,10-14H2,1-2H3. The maximum absolute atomic E-state index is 12.2. The van der Waals surface area contributed by atoms with Crippen LogP contribution in [0.5, 0.6) is 0 Å². The zero-order valence-corrected chi connectivity index (χ0v) is 18.7. The zero-order valence-electron chi connectivity index (χ0n) is 17.9. The topological polar surface area (TPSA) is 120 Å². The van der Waals surface area contributed by atoms with E-state index < -0.39 is 10.0 Å². The Hall–Kier alpha value is -3.20. The van der Waals surface area contributed by atoms with Crippen LogP contribution in [0.4, 0.5) is 5.88 Å². The van der Waals surface area contributed by atoms with Gasteiger partial charge in [-0.2, -0.15) is 10.2 Å². The molecule has 0 atom stereocenters. The van der Waals surface area contributed by atoms with E-state index >= 15 is 0 Å². The Bertz CT molecular complexity index is 1200. The van der Waals surface area contributed by atoms with E-state index in [-0.39, 0.29) is 22.4 Å². The molecule has 10 nitrogen and oxygen atoms in total. The number of anilines is 1. The van der Waals surface area contributed by atoms with Gasteiger partial charge in [-0.1, -0.05) is 6.07 Å². The molecule has 4 rings (SSSR count). The summed E-state index contributed by atoms with van der Waals surface area (Å²) in [6, 6.07) is 10.8. The second-order valence-electron chi connectivity index (χ2n) is 7.59. The lowest BCUT2D eigenvalue weighted by atomic mass is 10.2. The lowest BCUT2D eigenvalue weighted by Crippen LogP contribution is -2.47. The van der Waals surface area contributed by atoms with Crippen LogP contribution in [0, 0.1) is 11.3 Å². The number of pyridine rings is 1. The highest BCUT2D eigenvalue weighted by atomic mass is 32.2. The molecule has 0 unspecified atom stereocenters. The van der Waals surface area contributed by atoms with Crippen LogP contribution in [0.1, 0.15) is 11.4 Å². The Balaban J connectivity index is 1.43. The van der Waals surface area contributed by atoms with Crippen LogP contribution < -0.4 is 4.90 Å². The Morgan fingerprint density at radius 3 is 2.56 bits per heavy atom. The number of hydrogen-bond acceptors (Lipinski definition) is 9. The van der Waals surface area contributed by atoms with Crippen molar-refractivity contribution in [2.24, 2.45) is 0 Å². The van der Waals surface area contributed by atoms with Crippen molar-refractivity contribution in [2.45, 2.75) is 11.5 Å². The minimum atomic E-state index is -3.71. The van der Waals surface area contributed by atoms with Crippen molar-refractivity contribution in [3.05, 3.63) is 47.9 Å². The number of oxazole rings is 1. The van der Waals surface area contributed by atoms with Gasteiger partial charge in [0.2, 0.25) is 16.7 Å². The van der Waals surface area contributed by atoms with E-state index in [1.807, 2.05) is 23.1 Å². The molecule has 1 aliphatic rings. The largest absolute Gasteiger partial charge is 0.438 e. The second kappa shape index (κ2) is 9.12. The molecule has 11 heteroatoms. The lowest BCUT2D eigenvalue weighted by molar-refractivity contribution is 0.256. The molecule has 1 fully saturated rings. The summed E-state index contributed by atoms with van der Waals surface area (Å²) in [5.74, 6) is 0.608. The summed E-state index contributed by atoms with van der Waals surface area (Å²) in [6.45, 7) is 3.92. The predicted molar refractivity (Wildman–Crippen MR) is 116 cm³/mol. The van der Waals surface area contributed by atoms with E-state index in [0.717, 1.165) is 36.1 Å². The molecule has 0 spiro atoms. The summed E-state index contributed by atoms with van der Waals surface area (Å²) in [5, 5.41) is 9.32. The number of furan rings is 1. The van der Waals surface area contributed by atoms with Crippen LogP contribution in [0.3, 0.4) is 0 Å². The molecule has 3 aromatic heterocycles. The Morgan fingerprint density at radius 2 is 1.91 bits per heavy atom. The van der Waals surface area contributed by atoms with Gasteiger partial charge in [-0.05, 0) is 24.3 Å². The monoisotopic (exact) mass is 456 g/mol. The van der Waals surface area contributed by atoms with Gasteiger partial charge in [0.25, 0.3) is 15.9 Å². The van der Waals surface area contributed by atoms with Crippen LogP contribution >= 0.6 is 0 Å². The molecular formula is C21H24N6O4S. The van der Waals surface area contributed by atoms with E-state index in [1.165, 1.54) is 26.2 Å². The van der Waals surface area contributed by atoms with Crippen LogP contribution in [-0.4, -0.2) is 74.4 Å². The minimum absolute atomic E-state index is 0.0781. The number of hydrogen-bond donors (Lipinski definition) is 0. The normalized spacial score (nSPS) is 15.2. The number of nitriles is 1. The first-order valence-corrected chi connectivity index (χ1v) is 11.6. The molecule has 0 radical (unpaired) electrons. The van der Waals surface area contributed by atoms with Crippen LogP contribution in [0.25, 0.3) is 11.7 Å². The molecule has 32 heavy (non-hydrogen) atoms. The van der Waals surface area contributed by atoms with Gasteiger partial charge in [0.15, 0.2) is 5.76 Å². The lowest BCUT2D eigenvalue weighted by Gasteiger charge is -2.34. The zero-order chi connectivity index (χ0) is 22.7. The summed E-state index contributed by atoms with van der Waals surface area (Å²) in [4.78, 5) is 12.9. The molecule has 0 aliphatic carbocycles. The SMILES string of the molecule is CN(C)S(=O)(=O)c1ccc(-c2nc(C#N)c(N3CCN(CCc4ccccn4)CC3)o2)o1. The molecule has 0 bridgehead atoms. The first kappa shape index (κ1) is 22.0. The number of piperazine rings is 1. The first-order valence-electron chi connectivity index (χ1n) is 10.2. The van der Waals surface area contributed by atoms with E-state index in [1.54, 1.807) is 6.20 Å². The summed E-state index contributed by atoms with van der Waals surface area (Å²) in [7, 11) is -0.871. The number of sulfonamides is 1. The van der Waals surface area contributed by atoms with Crippen molar-refractivity contribution in [2.75, 3.05) is 51.7 Å². The first-order chi connectivity index (χ1) is 15.4. The number of aromatic nitrogens is 2. The molecule has 0 N–H and O–H groups in total. The third-order valence-corrected chi connectivity index (χ3v) is 7.00. The number of nitrogens with zero attached hydrogens (tertiary/aromatic N) is 6. The van der Waals surface area contributed by atoms with E-state index in [4.69, 9.17) is 8.83 Å². The maximum atomic E-state index is 12.2. The Labute approximate surface area is 186 Å². The Kier molecular flexibility index (Phi) is 6.27. The van der Waals surface area contributed by atoms with E-state index in [0.29, 0.717) is 19.0 Å². The average Bonchev–Trinajstić information content (AvgIpc) is 3.46. The van der Waals surface area contributed by atoms with Gasteiger partial charge < -0.3 is 13.7 Å². The smallest absolute Gasteiger partial charge is 0.275 e. The molecular weight excluding hydrogens is 432 g/mol. The van der Waals surface area contributed by atoms with Gasteiger partial charge in [-0.25, -0.2) is 12.7 Å². The molecule has 0 amide bonds. The van der Waals surface area contributed by atoms with Gasteiger partial charge in [-0.3, -0.25) is 9.88 Å². The fourth-order valence-electron chi connectivity index (χ4n) is 3.45. The van der Waals surface area contributed by atoms with Gasteiger partial charge in [0.1, 0.15) is 6.07 Å². The fraction of sp³-hybridized carbons (Fsp3) is 0.381. The minimum Gasteiger partial charge on any atom is -0.438 e. The highest BCUT2D eigenvalue weighted by Crippen LogP contribution is 2.31. The van der Waals surface area contributed by atoms with Crippen molar-refractivity contribution in [1.82, 2.24) is 19.2 Å². The molecule has 1 aliphatic heterocycles. The highest BCUT2D eigenvalue weighted by Gasteiger charge is 2.27. The highest BCUT2D eigenvalue weighted by molar-refractivity contribution is 7.88. The Morgan fingerprint density at radius 1 is 1.12 bits per heavy atom. The average molecular weight is 457 g/mol. The van der Waals surface area contributed by atoms with E-state index in [9.17, 15) is 13.7 Å². The summed E-state index contributed by atoms with van der Waals surface area (Å²) in [5.41, 5.74) is 1.21. The summed E-state index contributed by atoms with van der Waals surface area (Å²) in [6.07, 6.45) is 2.68. The maximum Gasteiger partial charge on any atom is 0.275 e. The van der Waals surface area contributed by atoms with Crippen molar-refractivity contribution < 1.29 is 17.3 Å². The molecule has 3 aromatic rings. The molecule has 168 valence electrons. The molecule has 1 saturated heterocycles. The van der Waals surface area contributed by atoms with Crippen LogP contribution in [0.15, 0.2) is 50.5 Å². The quantitative estimate of drug-likeness (QED) is 0.524.